The van der Waals surface area contributed by atoms with Crippen LogP contribution in [0.1, 0.15) is 38.7 Å². The first-order valence-electron chi connectivity index (χ1n) is 11.0. The highest BCUT2D eigenvalue weighted by atomic mass is 16.5. The molecule has 0 bridgehead atoms. The van der Waals surface area contributed by atoms with E-state index in [0.717, 1.165) is 17.7 Å². The molecule has 4 atom stereocenters. The van der Waals surface area contributed by atoms with E-state index in [9.17, 15) is 14.4 Å². The Hall–Kier alpha value is -2.63. The maximum atomic E-state index is 13.1. The Morgan fingerprint density at radius 3 is 2.47 bits per heavy atom. The molecule has 4 rings (SSSR count). The van der Waals surface area contributed by atoms with Crippen molar-refractivity contribution in [1.82, 2.24) is 10.2 Å². The Morgan fingerprint density at radius 2 is 1.80 bits per heavy atom. The van der Waals surface area contributed by atoms with Crippen molar-refractivity contribution in [2.24, 2.45) is 23.7 Å². The third-order valence-electron chi connectivity index (χ3n) is 6.37. The number of imide groups is 1. The van der Waals surface area contributed by atoms with Crippen LogP contribution in [-0.2, 0) is 20.8 Å². The second-order valence-corrected chi connectivity index (χ2v) is 9.08. The minimum absolute atomic E-state index is 0.167. The van der Waals surface area contributed by atoms with Gasteiger partial charge in [0.05, 0.1) is 18.4 Å². The molecule has 3 amide bonds. The van der Waals surface area contributed by atoms with E-state index in [1.165, 1.54) is 4.90 Å². The van der Waals surface area contributed by atoms with Crippen molar-refractivity contribution < 1.29 is 19.1 Å². The third kappa shape index (κ3) is 4.00. The molecule has 1 N–H and O–H groups in total. The molecule has 4 unspecified atom stereocenters. The van der Waals surface area contributed by atoms with Gasteiger partial charge in [-0.3, -0.25) is 19.3 Å². The molecule has 30 heavy (non-hydrogen) atoms. The molecule has 0 spiro atoms. The van der Waals surface area contributed by atoms with Gasteiger partial charge in [0, 0.05) is 12.5 Å². The van der Waals surface area contributed by atoms with Crippen LogP contribution in [0.4, 0.5) is 0 Å². The van der Waals surface area contributed by atoms with Crippen LogP contribution in [0.3, 0.4) is 0 Å². The summed E-state index contributed by atoms with van der Waals surface area (Å²) < 4.78 is 5.81. The smallest absolute Gasteiger partial charge is 0.243 e. The minimum Gasteiger partial charge on any atom is -0.493 e. The average Bonchev–Trinajstić information content (AvgIpc) is 3.00. The maximum absolute atomic E-state index is 13.1. The molecule has 0 radical (unpaired) electrons. The number of rotatable bonds is 6. The summed E-state index contributed by atoms with van der Waals surface area (Å²) in [4.78, 5) is 40.4. The molecule has 2 aliphatic heterocycles. The van der Waals surface area contributed by atoms with Crippen molar-refractivity contribution >= 4 is 17.7 Å². The van der Waals surface area contributed by atoms with E-state index in [-0.39, 0.29) is 41.4 Å². The quantitative estimate of drug-likeness (QED) is 0.578. The number of carbonyl (C=O) groups excluding carboxylic acids is 3. The van der Waals surface area contributed by atoms with Gasteiger partial charge < -0.3 is 10.1 Å². The molecule has 1 aliphatic carbocycles. The van der Waals surface area contributed by atoms with Gasteiger partial charge in [-0.1, -0.05) is 44.2 Å². The molecule has 1 aromatic rings. The fourth-order valence-corrected chi connectivity index (χ4v) is 4.79. The first-order chi connectivity index (χ1) is 14.5. The summed E-state index contributed by atoms with van der Waals surface area (Å²) in [5.41, 5.74) is 1.14. The Kier molecular flexibility index (Phi) is 5.93. The number of likely N-dealkylation sites (tertiary alicyclic amines) is 1. The van der Waals surface area contributed by atoms with Gasteiger partial charge in [0.25, 0.3) is 0 Å². The van der Waals surface area contributed by atoms with Crippen LogP contribution in [0, 0.1) is 23.7 Å². The molecule has 1 aromatic carbocycles. The maximum Gasteiger partial charge on any atom is 0.243 e. The molecular formula is C24H30N2O4. The number of benzene rings is 1. The number of nitrogens with one attached hydrogen (secondary N) is 1. The number of hydrogen-bond acceptors (Lipinski definition) is 4. The average molecular weight is 411 g/mol. The number of allylic oxidation sites excluding steroid dienone is 2. The molecule has 6 heteroatoms. The van der Waals surface area contributed by atoms with E-state index in [2.05, 4.69) is 5.32 Å². The van der Waals surface area contributed by atoms with E-state index in [1.54, 1.807) is 0 Å². The summed E-state index contributed by atoms with van der Waals surface area (Å²) in [6.07, 6.45) is 6.41. The highest BCUT2D eigenvalue weighted by Gasteiger charge is 2.51. The number of fused-ring (bicyclic) bond motifs is 2. The molecule has 1 saturated heterocycles. The lowest BCUT2D eigenvalue weighted by Crippen LogP contribution is -2.51. The van der Waals surface area contributed by atoms with Gasteiger partial charge in [0.15, 0.2) is 0 Å². The van der Waals surface area contributed by atoms with E-state index < -0.39 is 6.04 Å². The minimum atomic E-state index is -0.743. The zero-order valence-electron chi connectivity index (χ0n) is 17.7. The molecule has 1 fully saturated rings. The van der Waals surface area contributed by atoms with Gasteiger partial charge in [-0.15, -0.1) is 0 Å². The van der Waals surface area contributed by atoms with Crippen LogP contribution in [0.5, 0.6) is 5.75 Å². The van der Waals surface area contributed by atoms with Crippen molar-refractivity contribution in [1.29, 1.82) is 0 Å². The van der Waals surface area contributed by atoms with E-state index >= 15 is 0 Å². The Balaban J connectivity index is 1.43. The van der Waals surface area contributed by atoms with Crippen LogP contribution in [0.15, 0.2) is 36.4 Å². The second-order valence-electron chi connectivity index (χ2n) is 9.08. The summed E-state index contributed by atoms with van der Waals surface area (Å²) in [6, 6.07) is 7.20. The number of nitrogens with zero attached hydrogens (tertiary/aromatic N) is 1. The highest BCUT2D eigenvalue weighted by Crippen LogP contribution is 2.37. The fourth-order valence-electron chi connectivity index (χ4n) is 4.79. The van der Waals surface area contributed by atoms with Crippen molar-refractivity contribution in [2.75, 3.05) is 13.2 Å². The number of hydrogen-bond donors (Lipinski definition) is 1. The topological polar surface area (TPSA) is 75.7 Å². The monoisotopic (exact) mass is 410 g/mol. The molecule has 160 valence electrons. The summed E-state index contributed by atoms with van der Waals surface area (Å²) in [7, 11) is 0. The van der Waals surface area contributed by atoms with Crippen LogP contribution < -0.4 is 10.1 Å². The Morgan fingerprint density at radius 1 is 1.13 bits per heavy atom. The molecular weight excluding hydrogens is 380 g/mol. The lowest BCUT2D eigenvalue weighted by atomic mass is 9.85. The van der Waals surface area contributed by atoms with Gasteiger partial charge in [-0.05, 0) is 43.2 Å². The first kappa shape index (κ1) is 20.6. The molecule has 3 aliphatic rings. The fraction of sp³-hybridized carbons (Fsp3) is 0.542. The molecule has 6 nitrogen and oxygen atoms in total. The predicted molar refractivity (Wildman–Crippen MR) is 113 cm³/mol. The summed E-state index contributed by atoms with van der Waals surface area (Å²) in [5, 5.41) is 3.01. The van der Waals surface area contributed by atoms with Gasteiger partial charge in [0.2, 0.25) is 17.7 Å². The van der Waals surface area contributed by atoms with Gasteiger partial charge in [-0.2, -0.15) is 0 Å². The summed E-state index contributed by atoms with van der Waals surface area (Å²) >= 11 is 0. The van der Waals surface area contributed by atoms with Crippen molar-refractivity contribution in [2.45, 2.75) is 45.6 Å². The number of amides is 3. The molecule has 0 saturated carbocycles. The zero-order valence-corrected chi connectivity index (χ0v) is 17.7. The number of ether oxygens (including phenoxy) is 1. The van der Waals surface area contributed by atoms with Crippen molar-refractivity contribution in [3.05, 3.63) is 42.0 Å². The molecule has 2 heterocycles. The van der Waals surface area contributed by atoms with Crippen LogP contribution >= 0.6 is 0 Å². The lowest BCUT2D eigenvalue weighted by molar-refractivity contribution is -0.148. The standard InChI is InChI=1S/C24H30N2O4/c1-15(2)11-20(26-23(28)18-8-4-5-9-19(18)24(26)29)22(27)25-13-16-12-17-7-3-6-10-21(17)30-14-16/h3-7,10,15-16,18-20H,8-9,11-14H2,1-2H3,(H,25,27). The first-order valence-corrected chi connectivity index (χ1v) is 11.0. The van der Waals surface area contributed by atoms with Crippen molar-refractivity contribution in [3.8, 4) is 5.75 Å². The van der Waals surface area contributed by atoms with E-state index in [4.69, 9.17) is 4.74 Å². The van der Waals surface area contributed by atoms with E-state index in [0.29, 0.717) is 32.4 Å². The van der Waals surface area contributed by atoms with Gasteiger partial charge >= 0.3 is 0 Å². The van der Waals surface area contributed by atoms with Crippen LogP contribution in [0.2, 0.25) is 0 Å². The van der Waals surface area contributed by atoms with Gasteiger partial charge in [0.1, 0.15) is 11.8 Å². The summed E-state index contributed by atoms with van der Waals surface area (Å²) in [5.74, 6) is 0.0157. The predicted octanol–water partition coefficient (Wildman–Crippen LogP) is 2.72. The third-order valence-corrected chi connectivity index (χ3v) is 6.37. The summed E-state index contributed by atoms with van der Waals surface area (Å²) in [6.45, 7) is 5.02. The second kappa shape index (κ2) is 8.62. The SMILES string of the molecule is CC(C)CC(C(=O)NCC1COc2ccccc2C1)N1C(=O)C2CC=CCC2C1=O. The largest absolute Gasteiger partial charge is 0.493 e. The lowest BCUT2D eigenvalue weighted by Gasteiger charge is -2.29. The Labute approximate surface area is 177 Å². The molecule has 0 aromatic heterocycles. The van der Waals surface area contributed by atoms with Crippen molar-refractivity contribution in [3.63, 3.8) is 0 Å². The Bertz CT molecular complexity index is 837. The van der Waals surface area contributed by atoms with Gasteiger partial charge in [-0.25, -0.2) is 0 Å². The van der Waals surface area contributed by atoms with E-state index in [1.807, 2.05) is 50.3 Å². The highest BCUT2D eigenvalue weighted by molar-refractivity contribution is 6.08. The van der Waals surface area contributed by atoms with Crippen LogP contribution in [0.25, 0.3) is 0 Å². The normalized spacial score (nSPS) is 26.2. The number of para-hydroxylation sites is 1. The zero-order chi connectivity index (χ0) is 21.3. The number of carbonyl (C=O) groups is 3. The van der Waals surface area contributed by atoms with Crippen LogP contribution in [-0.4, -0.2) is 41.8 Å².